The van der Waals surface area contributed by atoms with Crippen LogP contribution < -0.4 is 0 Å². The van der Waals surface area contributed by atoms with Gasteiger partial charge in [0.15, 0.2) is 0 Å². The highest BCUT2D eigenvalue weighted by Crippen LogP contribution is 2.44. The van der Waals surface area contributed by atoms with Crippen LogP contribution in [0.15, 0.2) is 117 Å². The number of nitro groups is 2. The van der Waals surface area contributed by atoms with E-state index in [9.17, 15) is 20.2 Å². The van der Waals surface area contributed by atoms with E-state index in [-0.39, 0.29) is 11.4 Å². The fourth-order valence-electron chi connectivity index (χ4n) is 3.01. The highest BCUT2D eigenvalue weighted by molar-refractivity contribution is 8.76. The van der Waals surface area contributed by atoms with E-state index >= 15 is 0 Å². The molecule has 0 saturated carbocycles. The molecule has 0 amide bonds. The first-order valence-corrected chi connectivity index (χ1v) is 12.7. The summed E-state index contributed by atoms with van der Waals surface area (Å²) >= 11 is 0. The number of nitro benzene ring substituents is 2. The van der Waals surface area contributed by atoms with Crippen molar-refractivity contribution in [1.82, 2.24) is 0 Å². The van der Waals surface area contributed by atoms with E-state index in [2.05, 4.69) is 9.98 Å². The van der Waals surface area contributed by atoms with Crippen molar-refractivity contribution < 1.29 is 9.85 Å². The lowest BCUT2D eigenvalue weighted by Crippen LogP contribution is -1.88. The summed E-state index contributed by atoms with van der Waals surface area (Å²) in [6, 6.07) is 27.9. The predicted molar refractivity (Wildman–Crippen MR) is 145 cm³/mol. The standard InChI is InChI=1S/C26H18N4O4S2/c31-29(32)21-13-9-19(10-14-21)17-27-23-5-1-3-7-25(23)35-36-26-8-4-2-6-24(26)28-18-20-11-15-22(16-12-20)30(33)34/h1-18H. The molecule has 0 aliphatic heterocycles. The normalized spacial score (nSPS) is 11.2. The lowest BCUT2D eigenvalue weighted by Gasteiger charge is -2.07. The molecule has 0 aliphatic rings. The number of rotatable bonds is 9. The van der Waals surface area contributed by atoms with Gasteiger partial charge in [-0.1, -0.05) is 45.9 Å². The Morgan fingerprint density at radius 2 is 0.917 bits per heavy atom. The second kappa shape index (κ2) is 11.9. The molecule has 8 nitrogen and oxygen atoms in total. The van der Waals surface area contributed by atoms with Gasteiger partial charge in [-0.3, -0.25) is 30.2 Å². The first kappa shape index (κ1) is 24.8. The average molecular weight is 515 g/mol. The fraction of sp³-hybridized carbons (Fsp3) is 0. The van der Waals surface area contributed by atoms with E-state index in [4.69, 9.17) is 0 Å². The van der Waals surface area contributed by atoms with Crippen molar-refractivity contribution in [3.05, 3.63) is 128 Å². The van der Waals surface area contributed by atoms with Crippen molar-refractivity contribution >= 4 is 56.8 Å². The van der Waals surface area contributed by atoms with Gasteiger partial charge in [-0.25, -0.2) is 0 Å². The van der Waals surface area contributed by atoms with Crippen LogP contribution in [0.25, 0.3) is 0 Å². The van der Waals surface area contributed by atoms with Crippen LogP contribution in [0.1, 0.15) is 11.1 Å². The lowest BCUT2D eigenvalue weighted by atomic mass is 10.2. The zero-order valence-corrected chi connectivity index (χ0v) is 20.3. The van der Waals surface area contributed by atoms with Gasteiger partial charge in [0.1, 0.15) is 0 Å². The second-order valence-corrected chi connectivity index (χ2v) is 9.53. The Morgan fingerprint density at radius 1 is 0.556 bits per heavy atom. The van der Waals surface area contributed by atoms with Gasteiger partial charge in [-0.15, -0.1) is 0 Å². The summed E-state index contributed by atoms with van der Waals surface area (Å²) in [6.07, 6.45) is 3.35. The molecule has 0 atom stereocenters. The molecule has 0 radical (unpaired) electrons. The first-order valence-electron chi connectivity index (χ1n) is 10.6. The number of benzene rings is 4. The van der Waals surface area contributed by atoms with E-state index < -0.39 is 9.85 Å². The number of para-hydroxylation sites is 2. The van der Waals surface area contributed by atoms with Crippen LogP contribution in [-0.4, -0.2) is 22.3 Å². The van der Waals surface area contributed by atoms with E-state index in [0.29, 0.717) is 0 Å². The van der Waals surface area contributed by atoms with Gasteiger partial charge < -0.3 is 0 Å². The highest BCUT2D eigenvalue weighted by atomic mass is 33.1. The first-order chi connectivity index (χ1) is 17.5. The predicted octanol–water partition coefficient (Wildman–Crippen LogP) is 7.80. The minimum absolute atomic E-state index is 0.0365. The smallest absolute Gasteiger partial charge is 0.258 e. The Morgan fingerprint density at radius 3 is 1.28 bits per heavy atom. The van der Waals surface area contributed by atoms with Crippen molar-refractivity contribution in [3.8, 4) is 0 Å². The molecule has 0 unspecified atom stereocenters. The Balaban J connectivity index is 1.47. The monoisotopic (exact) mass is 514 g/mol. The Labute approximate surface area is 214 Å². The average Bonchev–Trinajstić information content (AvgIpc) is 2.91. The molecule has 4 aromatic rings. The molecule has 178 valence electrons. The van der Waals surface area contributed by atoms with Gasteiger partial charge in [-0.05, 0) is 59.7 Å². The summed E-state index contributed by atoms with van der Waals surface area (Å²) < 4.78 is 0. The Bertz CT molecular complexity index is 1330. The molecule has 10 heteroatoms. The molecule has 0 bridgehead atoms. The maximum Gasteiger partial charge on any atom is 0.269 e. The van der Waals surface area contributed by atoms with Crippen LogP contribution in [0, 0.1) is 20.2 Å². The molecule has 0 aliphatic carbocycles. The summed E-state index contributed by atoms with van der Waals surface area (Å²) in [5.74, 6) is 0. The number of hydrogen-bond donors (Lipinski definition) is 0. The van der Waals surface area contributed by atoms with Crippen molar-refractivity contribution in [1.29, 1.82) is 0 Å². The highest BCUT2D eigenvalue weighted by Gasteiger charge is 2.07. The number of nitrogens with zero attached hydrogens (tertiary/aromatic N) is 4. The van der Waals surface area contributed by atoms with Gasteiger partial charge in [0, 0.05) is 46.5 Å². The minimum atomic E-state index is -0.433. The molecule has 36 heavy (non-hydrogen) atoms. The molecule has 0 heterocycles. The summed E-state index contributed by atoms with van der Waals surface area (Å²) in [7, 11) is 3.09. The number of hydrogen-bond acceptors (Lipinski definition) is 8. The fourth-order valence-corrected chi connectivity index (χ4v) is 5.26. The van der Waals surface area contributed by atoms with E-state index in [1.54, 1.807) is 58.3 Å². The number of non-ortho nitro benzene ring substituents is 2. The third-order valence-electron chi connectivity index (χ3n) is 4.86. The van der Waals surface area contributed by atoms with Crippen LogP contribution in [0.2, 0.25) is 0 Å². The molecule has 0 N–H and O–H groups in total. The van der Waals surface area contributed by atoms with Crippen LogP contribution in [0.4, 0.5) is 22.7 Å². The molecular formula is C26H18N4O4S2. The topological polar surface area (TPSA) is 111 Å². The third kappa shape index (κ3) is 6.65. The maximum absolute atomic E-state index is 10.8. The van der Waals surface area contributed by atoms with E-state index in [1.165, 1.54) is 24.3 Å². The maximum atomic E-state index is 10.8. The summed E-state index contributed by atoms with van der Waals surface area (Å²) in [4.78, 5) is 31.9. The zero-order valence-electron chi connectivity index (χ0n) is 18.6. The molecule has 0 aromatic heterocycles. The van der Waals surface area contributed by atoms with Crippen molar-refractivity contribution in [2.24, 2.45) is 9.98 Å². The molecular weight excluding hydrogens is 496 g/mol. The van der Waals surface area contributed by atoms with Crippen LogP contribution in [-0.2, 0) is 0 Å². The van der Waals surface area contributed by atoms with Gasteiger partial charge in [0.2, 0.25) is 0 Å². The zero-order chi connectivity index (χ0) is 25.3. The number of aliphatic imine (C=N–C) groups is 2. The SMILES string of the molecule is O=[N+]([O-])c1ccc(C=Nc2ccccc2SSc2ccccc2N=Cc2ccc([N+](=O)[O-])cc2)cc1. The van der Waals surface area contributed by atoms with E-state index in [0.717, 1.165) is 32.3 Å². The van der Waals surface area contributed by atoms with Gasteiger partial charge in [0.25, 0.3) is 11.4 Å². The molecule has 4 rings (SSSR count). The lowest BCUT2D eigenvalue weighted by molar-refractivity contribution is -0.385. The van der Waals surface area contributed by atoms with Crippen molar-refractivity contribution in [2.45, 2.75) is 9.79 Å². The Kier molecular flexibility index (Phi) is 8.22. The van der Waals surface area contributed by atoms with Crippen LogP contribution in [0.5, 0.6) is 0 Å². The largest absolute Gasteiger partial charge is 0.269 e. The third-order valence-corrected chi connectivity index (χ3v) is 7.33. The quantitative estimate of drug-likeness (QED) is 0.0975. The van der Waals surface area contributed by atoms with Gasteiger partial charge in [-0.2, -0.15) is 0 Å². The van der Waals surface area contributed by atoms with Gasteiger partial charge in [0.05, 0.1) is 21.2 Å². The van der Waals surface area contributed by atoms with Gasteiger partial charge >= 0.3 is 0 Å². The summed E-state index contributed by atoms with van der Waals surface area (Å²) in [5, 5.41) is 21.7. The van der Waals surface area contributed by atoms with Crippen LogP contribution in [0.3, 0.4) is 0 Å². The Hall–Kier alpha value is -4.28. The van der Waals surface area contributed by atoms with Crippen molar-refractivity contribution in [2.75, 3.05) is 0 Å². The minimum Gasteiger partial charge on any atom is -0.258 e. The summed E-state index contributed by atoms with van der Waals surface area (Å²) in [6.45, 7) is 0. The molecule has 0 spiro atoms. The molecule has 0 saturated heterocycles. The summed E-state index contributed by atoms with van der Waals surface area (Å²) in [5.41, 5.74) is 3.15. The molecule has 0 fully saturated rings. The molecule has 4 aromatic carbocycles. The van der Waals surface area contributed by atoms with Crippen LogP contribution >= 0.6 is 21.6 Å². The van der Waals surface area contributed by atoms with Crippen molar-refractivity contribution in [3.63, 3.8) is 0 Å². The van der Waals surface area contributed by atoms with E-state index in [1.807, 2.05) is 48.5 Å². The second-order valence-electron chi connectivity index (χ2n) is 7.32.